The number of aromatic nitrogens is 2. The third kappa shape index (κ3) is 3.82. The minimum Gasteiger partial charge on any atom is -0.366 e. The zero-order valence-corrected chi connectivity index (χ0v) is 18.4. The summed E-state index contributed by atoms with van der Waals surface area (Å²) in [6.07, 6.45) is 1.69. The van der Waals surface area contributed by atoms with Crippen LogP contribution in [-0.2, 0) is 16.9 Å². The molecule has 1 N–H and O–H groups in total. The van der Waals surface area contributed by atoms with Gasteiger partial charge in [-0.2, -0.15) is 4.47 Å². The van der Waals surface area contributed by atoms with E-state index in [1.807, 2.05) is 19.1 Å². The summed E-state index contributed by atoms with van der Waals surface area (Å²) in [6, 6.07) is 7.93. The lowest BCUT2D eigenvalue weighted by molar-refractivity contribution is -0.00790. The molecule has 0 radical (unpaired) electrons. The van der Waals surface area contributed by atoms with E-state index in [-0.39, 0.29) is 5.60 Å². The predicted molar refractivity (Wildman–Crippen MR) is 115 cm³/mol. The molecule has 2 aromatic heterocycles. The van der Waals surface area contributed by atoms with Crippen molar-refractivity contribution in [2.75, 3.05) is 4.47 Å². The molecule has 0 aliphatic carbocycles. The van der Waals surface area contributed by atoms with Gasteiger partial charge < -0.3 is 9.26 Å². The first-order chi connectivity index (χ1) is 14.3. The van der Waals surface area contributed by atoms with Gasteiger partial charge in [-0.25, -0.2) is 4.98 Å². The maximum absolute atomic E-state index is 10.5. The van der Waals surface area contributed by atoms with Gasteiger partial charge in [0.1, 0.15) is 11.5 Å². The third-order valence-electron chi connectivity index (χ3n) is 5.27. The zero-order chi connectivity index (χ0) is 21.5. The van der Waals surface area contributed by atoms with E-state index in [1.54, 1.807) is 13.1 Å². The van der Waals surface area contributed by atoms with E-state index in [4.69, 9.17) is 9.26 Å². The first-order valence-electron chi connectivity index (χ1n) is 9.61. The highest BCUT2D eigenvalue weighted by molar-refractivity contribution is 8.00. The molecule has 0 saturated heterocycles. The molecule has 154 valence electrons. The monoisotopic (exact) mass is 421 g/mol. The molecule has 0 amide bonds. The Morgan fingerprint density at radius 1 is 1.20 bits per heavy atom. The molecule has 0 spiro atoms. The standard InChI is InChI=1S/C23H23N3O3S/c1-14-11-18-13-28-23(4,5)19(18)12-17(14)8-9-20-21(7-6-10-24-20)30-26(27)22-15(2)16(3)29-25-22/h6-7,10-12,27H,13H2,1-5H3. The van der Waals surface area contributed by atoms with Crippen LogP contribution in [0.25, 0.3) is 0 Å². The average Bonchev–Trinajstić information content (AvgIpc) is 3.19. The molecule has 30 heavy (non-hydrogen) atoms. The molecule has 0 unspecified atom stereocenters. The first-order valence-corrected chi connectivity index (χ1v) is 10.4. The molecule has 1 aliphatic heterocycles. The summed E-state index contributed by atoms with van der Waals surface area (Å²) in [5.74, 6) is 7.43. The van der Waals surface area contributed by atoms with Crippen molar-refractivity contribution in [1.82, 2.24) is 10.1 Å². The van der Waals surface area contributed by atoms with Gasteiger partial charge in [-0.3, -0.25) is 5.21 Å². The predicted octanol–water partition coefficient (Wildman–Crippen LogP) is 5.06. The van der Waals surface area contributed by atoms with E-state index >= 15 is 0 Å². The van der Waals surface area contributed by atoms with Crippen LogP contribution >= 0.6 is 11.9 Å². The van der Waals surface area contributed by atoms with Gasteiger partial charge in [0.2, 0.25) is 5.82 Å². The summed E-state index contributed by atoms with van der Waals surface area (Å²) in [5, 5.41) is 14.4. The Labute approximate surface area is 180 Å². The Bertz CT molecular complexity index is 1170. The van der Waals surface area contributed by atoms with E-state index in [9.17, 15) is 5.21 Å². The maximum atomic E-state index is 10.5. The maximum Gasteiger partial charge on any atom is 0.210 e. The van der Waals surface area contributed by atoms with Crippen LogP contribution in [0, 0.1) is 32.6 Å². The summed E-state index contributed by atoms with van der Waals surface area (Å²) < 4.78 is 12.0. The zero-order valence-electron chi connectivity index (χ0n) is 17.6. The molecule has 4 rings (SSSR count). The number of fused-ring (bicyclic) bond motifs is 1. The van der Waals surface area contributed by atoms with Crippen LogP contribution in [0.1, 0.15) is 53.1 Å². The largest absolute Gasteiger partial charge is 0.366 e. The van der Waals surface area contributed by atoms with Crippen LogP contribution < -0.4 is 4.47 Å². The summed E-state index contributed by atoms with van der Waals surface area (Å²) in [5.41, 5.74) is 5.48. The van der Waals surface area contributed by atoms with Crippen LogP contribution in [0.5, 0.6) is 0 Å². The average molecular weight is 422 g/mol. The number of benzene rings is 1. The van der Waals surface area contributed by atoms with Gasteiger partial charge in [0.25, 0.3) is 0 Å². The molecule has 0 bridgehead atoms. The van der Waals surface area contributed by atoms with Gasteiger partial charge in [0.05, 0.1) is 17.1 Å². The first kappa shape index (κ1) is 20.5. The van der Waals surface area contributed by atoms with Crippen molar-refractivity contribution in [3.05, 3.63) is 69.7 Å². The number of pyridine rings is 1. The SMILES string of the molecule is Cc1cc2c(cc1C#Cc1ncccc1SN(O)c1noc(C)c1C)C(C)(C)OC2. The van der Waals surface area contributed by atoms with Crippen LogP contribution in [0.4, 0.5) is 5.82 Å². The van der Waals surface area contributed by atoms with Gasteiger partial charge in [-0.05, 0) is 75.4 Å². The highest BCUT2D eigenvalue weighted by Crippen LogP contribution is 2.37. The van der Waals surface area contributed by atoms with Crippen LogP contribution in [0.3, 0.4) is 0 Å². The lowest BCUT2D eigenvalue weighted by atomic mass is 9.92. The number of nitrogens with zero attached hydrogens (tertiary/aromatic N) is 3. The second-order valence-electron chi connectivity index (χ2n) is 7.77. The minimum atomic E-state index is -0.309. The molecule has 3 aromatic rings. The van der Waals surface area contributed by atoms with Gasteiger partial charge in [-0.1, -0.05) is 17.1 Å². The van der Waals surface area contributed by atoms with Crippen LogP contribution in [0.2, 0.25) is 0 Å². The molecule has 6 nitrogen and oxygen atoms in total. The molecule has 7 heteroatoms. The fourth-order valence-electron chi connectivity index (χ4n) is 3.32. The van der Waals surface area contributed by atoms with E-state index in [2.05, 4.69) is 54.9 Å². The number of aryl methyl sites for hydroxylation is 2. The highest BCUT2D eigenvalue weighted by Gasteiger charge is 2.31. The molecule has 0 atom stereocenters. The molecular formula is C23H23N3O3S. The fourth-order valence-corrected chi connectivity index (χ4v) is 4.10. The molecule has 1 aliphatic rings. The van der Waals surface area contributed by atoms with E-state index in [1.165, 1.54) is 11.1 Å². The molecule has 1 aromatic carbocycles. The third-order valence-corrected chi connectivity index (χ3v) is 6.14. The van der Waals surface area contributed by atoms with Gasteiger partial charge in [-0.15, -0.1) is 0 Å². The molecule has 3 heterocycles. The molecule has 0 fully saturated rings. The minimum absolute atomic E-state index is 0.309. The molecule has 0 saturated carbocycles. The fraction of sp³-hybridized carbons (Fsp3) is 0.304. The Morgan fingerprint density at radius 3 is 2.73 bits per heavy atom. The van der Waals surface area contributed by atoms with Crippen molar-refractivity contribution >= 4 is 17.8 Å². The smallest absolute Gasteiger partial charge is 0.210 e. The lowest BCUT2D eigenvalue weighted by Crippen LogP contribution is -2.14. The van der Waals surface area contributed by atoms with E-state index < -0.39 is 0 Å². The number of anilines is 1. The quantitative estimate of drug-likeness (QED) is 0.360. The van der Waals surface area contributed by atoms with Crippen LogP contribution in [0.15, 0.2) is 39.9 Å². The Balaban J connectivity index is 1.64. The van der Waals surface area contributed by atoms with Gasteiger partial charge in [0, 0.05) is 29.3 Å². The van der Waals surface area contributed by atoms with Gasteiger partial charge >= 0.3 is 0 Å². The Kier molecular flexibility index (Phi) is 5.33. The second kappa shape index (κ2) is 7.80. The normalized spacial score (nSPS) is 14.2. The topological polar surface area (TPSA) is 71.6 Å². The lowest BCUT2D eigenvalue weighted by Gasteiger charge is -2.18. The van der Waals surface area contributed by atoms with Crippen molar-refractivity contribution in [3.63, 3.8) is 0 Å². The van der Waals surface area contributed by atoms with Crippen LogP contribution in [-0.4, -0.2) is 15.3 Å². The number of hydrogen-bond donors (Lipinski definition) is 1. The Hall–Kier alpha value is -2.79. The number of ether oxygens (including phenoxy) is 1. The number of hydrogen-bond acceptors (Lipinski definition) is 7. The summed E-state index contributed by atoms with van der Waals surface area (Å²) in [7, 11) is 0. The van der Waals surface area contributed by atoms with Crippen molar-refractivity contribution in [2.45, 2.75) is 51.7 Å². The summed E-state index contributed by atoms with van der Waals surface area (Å²) in [6.45, 7) is 10.5. The highest BCUT2D eigenvalue weighted by atomic mass is 32.2. The second-order valence-corrected chi connectivity index (χ2v) is 8.74. The van der Waals surface area contributed by atoms with E-state index in [0.717, 1.165) is 38.0 Å². The summed E-state index contributed by atoms with van der Waals surface area (Å²) >= 11 is 1.09. The van der Waals surface area contributed by atoms with Gasteiger partial charge in [0.15, 0.2) is 0 Å². The van der Waals surface area contributed by atoms with E-state index in [0.29, 0.717) is 23.9 Å². The van der Waals surface area contributed by atoms with Crippen molar-refractivity contribution in [2.24, 2.45) is 0 Å². The Morgan fingerprint density at radius 2 is 2.00 bits per heavy atom. The summed E-state index contributed by atoms with van der Waals surface area (Å²) in [4.78, 5) is 5.12. The van der Waals surface area contributed by atoms with Crippen molar-refractivity contribution in [1.29, 1.82) is 0 Å². The number of rotatable bonds is 3. The molecular weight excluding hydrogens is 398 g/mol. The van der Waals surface area contributed by atoms with Crippen molar-refractivity contribution < 1.29 is 14.5 Å². The van der Waals surface area contributed by atoms with Crippen molar-refractivity contribution in [3.8, 4) is 11.8 Å².